The summed E-state index contributed by atoms with van der Waals surface area (Å²) in [5, 5.41) is 6.97. The van der Waals surface area contributed by atoms with E-state index < -0.39 is 11.7 Å². The zero-order valence-electron chi connectivity index (χ0n) is 17.3. The fourth-order valence-corrected chi connectivity index (χ4v) is 4.05. The van der Waals surface area contributed by atoms with Crippen LogP contribution in [0.2, 0.25) is 0 Å². The number of rotatable bonds is 5. The second-order valence-electron chi connectivity index (χ2n) is 6.97. The first-order valence-corrected chi connectivity index (χ1v) is 10.5. The Labute approximate surface area is 178 Å². The standard InChI is InChI=1S/C20H26F3N5OS/c1-13-14(2)30-18(27-13)12-26-19(24-3)25-11-15-4-5-16(10-17(15)20(21,22)23)28-6-8-29-9-7-28/h4-5,10H,6-9,11-12H2,1-3H3,(H2,24,25,26). The lowest BCUT2D eigenvalue weighted by molar-refractivity contribution is -0.138. The fourth-order valence-electron chi connectivity index (χ4n) is 3.17. The van der Waals surface area contributed by atoms with Gasteiger partial charge in [0.15, 0.2) is 5.96 Å². The maximum atomic E-state index is 13.7. The van der Waals surface area contributed by atoms with Crippen molar-refractivity contribution in [3.05, 3.63) is 44.9 Å². The molecule has 1 aliphatic heterocycles. The highest BCUT2D eigenvalue weighted by molar-refractivity contribution is 7.11. The van der Waals surface area contributed by atoms with Gasteiger partial charge in [-0.25, -0.2) is 4.98 Å². The van der Waals surface area contributed by atoms with Crippen LogP contribution in [-0.4, -0.2) is 44.3 Å². The van der Waals surface area contributed by atoms with Crippen molar-refractivity contribution in [3.8, 4) is 0 Å². The maximum absolute atomic E-state index is 13.7. The van der Waals surface area contributed by atoms with Crippen molar-refractivity contribution < 1.29 is 17.9 Å². The normalized spacial score (nSPS) is 15.4. The summed E-state index contributed by atoms with van der Waals surface area (Å²) in [6, 6.07) is 4.48. The van der Waals surface area contributed by atoms with E-state index in [-0.39, 0.29) is 12.1 Å². The molecule has 0 bridgehead atoms. The smallest absolute Gasteiger partial charge is 0.378 e. The third-order valence-electron chi connectivity index (χ3n) is 4.92. The molecule has 6 nitrogen and oxygen atoms in total. The van der Waals surface area contributed by atoms with Gasteiger partial charge in [-0.05, 0) is 31.5 Å². The highest BCUT2D eigenvalue weighted by Gasteiger charge is 2.34. The summed E-state index contributed by atoms with van der Waals surface area (Å²) in [5.74, 6) is 0.422. The van der Waals surface area contributed by atoms with Gasteiger partial charge in [-0.3, -0.25) is 4.99 Å². The molecule has 2 heterocycles. The molecule has 3 rings (SSSR count). The van der Waals surface area contributed by atoms with Gasteiger partial charge in [0, 0.05) is 37.2 Å². The minimum Gasteiger partial charge on any atom is -0.378 e. The highest BCUT2D eigenvalue weighted by Crippen LogP contribution is 2.35. The number of hydrogen-bond acceptors (Lipinski definition) is 5. The molecule has 2 aromatic rings. The van der Waals surface area contributed by atoms with Gasteiger partial charge in [0.25, 0.3) is 0 Å². The lowest BCUT2D eigenvalue weighted by atomic mass is 10.0. The van der Waals surface area contributed by atoms with E-state index in [4.69, 9.17) is 4.74 Å². The van der Waals surface area contributed by atoms with Crippen molar-refractivity contribution in [2.24, 2.45) is 4.99 Å². The highest BCUT2D eigenvalue weighted by atomic mass is 32.1. The molecular formula is C20H26F3N5OS. The van der Waals surface area contributed by atoms with Crippen LogP contribution in [0.15, 0.2) is 23.2 Å². The summed E-state index contributed by atoms with van der Waals surface area (Å²) in [6.07, 6.45) is -4.44. The Morgan fingerprint density at radius 3 is 2.50 bits per heavy atom. The van der Waals surface area contributed by atoms with Gasteiger partial charge in [-0.2, -0.15) is 13.2 Å². The lowest BCUT2D eigenvalue weighted by Gasteiger charge is -2.29. The van der Waals surface area contributed by atoms with Crippen molar-refractivity contribution in [1.82, 2.24) is 15.6 Å². The van der Waals surface area contributed by atoms with Gasteiger partial charge in [-0.1, -0.05) is 6.07 Å². The molecule has 0 saturated carbocycles. The molecule has 0 unspecified atom stereocenters. The van der Waals surface area contributed by atoms with Crippen molar-refractivity contribution in [2.45, 2.75) is 33.1 Å². The van der Waals surface area contributed by atoms with Crippen LogP contribution in [0, 0.1) is 13.8 Å². The second-order valence-corrected chi connectivity index (χ2v) is 8.25. The number of nitrogens with zero attached hydrogens (tertiary/aromatic N) is 3. The van der Waals surface area contributed by atoms with Crippen molar-refractivity contribution >= 4 is 23.0 Å². The van der Waals surface area contributed by atoms with Gasteiger partial charge >= 0.3 is 6.18 Å². The predicted molar refractivity (Wildman–Crippen MR) is 113 cm³/mol. The molecule has 1 aromatic carbocycles. The Morgan fingerprint density at radius 1 is 1.20 bits per heavy atom. The van der Waals surface area contributed by atoms with Crippen molar-refractivity contribution in [1.29, 1.82) is 0 Å². The molecule has 0 spiro atoms. The fraction of sp³-hybridized carbons (Fsp3) is 0.500. The SMILES string of the molecule is CN=C(NCc1nc(C)c(C)s1)NCc1ccc(N2CCOCC2)cc1C(F)(F)F. The van der Waals surface area contributed by atoms with E-state index in [9.17, 15) is 13.2 Å². The zero-order valence-corrected chi connectivity index (χ0v) is 18.1. The number of hydrogen-bond donors (Lipinski definition) is 2. The molecule has 1 aromatic heterocycles. The molecule has 2 N–H and O–H groups in total. The molecule has 0 aliphatic carbocycles. The van der Waals surface area contributed by atoms with E-state index in [0.717, 1.165) is 15.6 Å². The molecule has 0 amide bonds. The summed E-state index contributed by atoms with van der Waals surface area (Å²) in [6.45, 7) is 6.62. The summed E-state index contributed by atoms with van der Waals surface area (Å²) < 4.78 is 46.3. The monoisotopic (exact) mass is 441 g/mol. The summed E-state index contributed by atoms with van der Waals surface area (Å²) in [5.41, 5.74) is 1.07. The van der Waals surface area contributed by atoms with Gasteiger partial charge in [-0.15, -0.1) is 11.3 Å². The van der Waals surface area contributed by atoms with Crippen LogP contribution in [-0.2, 0) is 24.0 Å². The van der Waals surface area contributed by atoms with Crippen LogP contribution >= 0.6 is 11.3 Å². The van der Waals surface area contributed by atoms with Crippen LogP contribution in [0.4, 0.5) is 18.9 Å². The number of nitrogens with one attached hydrogen (secondary N) is 2. The Kier molecular flexibility index (Phi) is 7.19. The minimum absolute atomic E-state index is 0.00777. The molecule has 1 aliphatic rings. The summed E-state index contributed by atoms with van der Waals surface area (Å²) in [4.78, 5) is 11.6. The third kappa shape index (κ3) is 5.63. The number of aliphatic imine (C=N–C) groups is 1. The van der Waals surface area contributed by atoms with Crippen molar-refractivity contribution in [2.75, 3.05) is 38.3 Å². The van der Waals surface area contributed by atoms with Gasteiger partial charge in [0.2, 0.25) is 0 Å². The van der Waals surface area contributed by atoms with E-state index in [1.807, 2.05) is 18.7 Å². The predicted octanol–water partition coefficient (Wildman–Crippen LogP) is 3.48. The summed E-state index contributed by atoms with van der Waals surface area (Å²) >= 11 is 1.58. The van der Waals surface area contributed by atoms with Crippen LogP contribution in [0.25, 0.3) is 0 Å². The van der Waals surface area contributed by atoms with E-state index in [1.54, 1.807) is 24.5 Å². The Balaban J connectivity index is 1.68. The number of anilines is 1. The number of halogens is 3. The number of morpholine rings is 1. The Morgan fingerprint density at radius 2 is 1.90 bits per heavy atom. The average Bonchev–Trinajstić information content (AvgIpc) is 3.05. The number of benzene rings is 1. The molecule has 1 saturated heterocycles. The van der Waals surface area contributed by atoms with Crippen LogP contribution in [0.1, 0.15) is 26.7 Å². The number of thiazole rings is 1. The van der Waals surface area contributed by atoms with Gasteiger partial charge in [0.1, 0.15) is 5.01 Å². The minimum atomic E-state index is -4.44. The van der Waals surface area contributed by atoms with Crippen LogP contribution in [0.5, 0.6) is 0 Å². The topological polar surface area (TPSA) is 61.8 Å². The molecule has 1 fully saturated rings. The first kappa shape index (κ1) is 22.4. The van der Waals surface area contributed by atoms with E-state index in [1.165, 1.54) is 12.1 Å². The number of ether oxygens (including phenoxy) is 1. The zero-order chi connectivity index (χ0) is 21.7. The largest absolute Gasteiger partial charge is 0.416 e. The Hall–Kier alpha value is -2.33. The van der Waals surface area contributed by atoms with Crippen molar-refractivity contribution in [3.63, 3.8) is 0 Å². The number of aromatic nitrogens is 1. The molecular weight excluding hydrogens is 415 g/mol. The molecule has 164 valence electrons. The Bertz CT molecular complexity index is 872. The first-order chi connectivity index (χ1) is 14.3. The molecule has 0 radical (unpaired) electrons. The molecule has 10 heteroatoms. The van der Waals surface area contributed by atoms with E-state index >= 15 is 0 Å². The lowest BCUT2D eigenvalue weighted by Crippen LogP contribution is -2.37. The summed E-state index contributed by atoms with van der Waals surface area (Å²) in [7, 11) is 1.58. The molecule has 0 atom stereocenters. The number of guanidine groups is 1. The second kappa shape index (κ2) is 9.65. The van der Waals surface area contributed by atoms with Gasteiger partial charge < -0.3 is 20.3 Å². The van der Waals surface area contributed by atoms with Gasteiger partial charge in [0.05, 0.1) is 31.0 Å². The van der Waals surface area contributed by atoms with E-state index in [0.29, 0.717) is 44.5 Å². The van der Waals surface area contributed by atoms with E-state index in [2.05, 4.69) is 20.6 Å². The average molecular weight is 442 g/mol. The first-order valence-electron chi connectivity index (χ1n) is 9.68. The number of alkyl halides is 3. The number of aryl methyl sites for hydroxylation is 2. The van der Waals surface area contributed by atoms with Crippen LogP contribution < -0.4 is 15.5 Å². The third-order valence-corrected chi connectivity index (χ3v) is 6.00. The molecule has 30 heavy (non-hydrogen) atoms. The van der Waals surface area contributed by atoms with Crippen LogP contribution in [0.3, 0.4) is 0 Å². The quantitative estimate of drug-likeness (QED) is 0.550. The maximum Gasteiger partial charge on any atom is 0.416 e.